The molecule has 0 fully saturated rings. The van der Waals surface area contributed by atoms with Gasteiger partial charge in [-0.25, -0.2) is 0 Å². The number of carbonyl (C=O) groups is 1. The molecule has 0 aliphatic carbocycles. The quantitative estimate of drug-likeness (QED) is 0.758. The maximum atomic E-state index is 11.0. The Balaban J connectivity index is 4.62. The first-order valence-electron chi connectivity index (χ1n) is 5.80. The van der Waals surface area contributed by atoms with Gasteiger partial charge in [0, 0.05) is 13.3 Å². The third kappa shape index (κ3) is 5.50. The Hall–Kier alpha value is -0.570. The van der Waals surface area contributed by atoms with E-state index in [0.29, 0.717) is 6.42 Å². The van der Waals surface area contributed by atoms with Crippen LogP contribution in [0.5, 0.6) is 0 Å². The number of hydrogen-bond acceptors (Lipinski definition) is 3. The highest BCUT2D eigenvalue weighted by molar-refractivity contribution is 5.66. The first-order valence-corrected chi connectivity index (χ1v) is 5.80. The highest BCUT2D eigenvalue weighted by Crippen LogP contribution is 2.31. The normalized spacial score (nSPS) is 16.8. The van der Waals surface area contributed by atoms with E-state index in [0.717, 1.165) is 0 Å². The molecule has 1 N–H and O–H groups in total. The topological polar surface area (TPSA) is 46.5 Å². The van der Waals surface area contributed by atoms with Gasteiger partial charge in [-0.3, -0.25) is 4.79 Å². The van der Waals surface area contributed by atoms with Crippen LogP contribution in [0, 0.1) is 10.8 Å². The molecule has 0 aliphatic heterocycles. The Morgan fingerprint density at radius 1 is 1.12 bits per heavy atom. The van der Waals surface area contributed by atoms with Crippen LogP contribution in [-0.4, -0.2) is 23.3 Å². The molecule has 2 atom stereocenters. The van der Waals surface area contributed by atoms with Crippen LogP contribution in [0.3, 0.4) is 0 Å². The number of aliphatic hydroxyl groups excluding tert-OH is 1. The van der Waals surface area contributed by atoms with Crippen molar-refractivity contribution in [3.05, 3.63) is 0 Å². The predicted octanol–water partition coefficient (Wildman–Crippen LogP) is 2.76. The summed E-state index contributed by atoms with van der Waals surface area (Å²) >= 11 is 0. The highest BCUT2D eigenvalue weighted by Gasteiger charge is 2.33. The summed E-state index contributed by atoms with van der Waals surface area (Å²) < 4.78 is 5.28. The molecule has 0 spiro atoms. The van der Waals surface area contributed by atoms with Crippen molar-refractivity contribution in [2.24, 2.45) is 10.8 Å². The molecule has 0 rings (SSSR count). The number of esters is 1. The zero-order chi connectivity index (χ0) is 13.1. The fourth-order valence-corrected chi connectivity index (χ4v) is 1.34. The third-order valence-corrected chi connectivity index (χ3v) is 2.71. The van der Waals surface area contributed by atoms with Gasteiger partial charge >= 0.3 is 5.97 Å². The lowest BCUT2D eigenvalue weighted by Gasteiger charge is -2.35. The van der Waals surface area contributed by atoms with Crippen LogP contribution < -0.4 is 0 Å². The zero-order valence-electron chi connectivity index (χ0n) is 11.6. The van der Waals surface area contributed by atoms with E-state index in [9.17, 15) is 9.90 Å². The van der Waals surface area contributed by atoms with Crippen molar-refractivity contribution in [1.82, 2.24) is 0 Å². The summed E-state index contributed by atoms with van der Waals surface area (Å²) in [6, 6.07) is 0. The van der Waals surface area contributed by atoms with Gasteiger partial charge in [-0.2, -0.15) is 0 Å². The fourth-order valence-electron chi connectivity index (χ4n) is 1.34. The zero-order valence-corrected chi connectivity index (χ0v) is 11.6. The van der Waals surface area contributed by atoms with Crippen molar-refractivity contribution in [1.29, 1.82) is 0 Å². The maximum Gasteiger partial charge on any atom is 0.302 e. The first kappa shape index (κ1) is 15.4. The molecule has 0 aromatic carbocycles. The standard InChI is InChI=1S/C13H26O3/c1-9(14)16-11(13(5,6)7)8-10(15)12(2,3)4/h10-11,15H,8H2,1-7H3. The Morgan fingerprint density at radius 3 is 1.81 bits per heavy atom. The third-order valence-electron chi connectivity index (χ3n) is 2.71. The molecule has 0 aromatic rings. The van der Waals surface area contributed by atoms with Gasteiger partial charge in [0.1, 0.15) is 6.10 Å². The molecule has 0 aliphatic rings. The molecular weight excluding hydrogens is 204 g/mol. The lowest BCUT2D eigenvalue weighted by Crippen LogP contribution is -2.38. The molecule has 0 aromatic heterocycles. The van der Waals surface area contributed by atoms with E-state index >= 15 is 0 Å². The van der Waals surface area contributed by atoms with Gasteiger partial charge in [-0.15, -0.1) is 0 Å². The summed E-state index contributed by atoms with van der Waals surface area (Å²) in [5, 5.41) is 10.0. The van der Waals surface area contributed by atoms with Crippen LogP contribution in [0.1, 0.15) is 54.9 Å². The molecule has 0 saturated heterocycles. The molecule has 2 unspecified atom stereocenters. The molecule has 16 heavy (non-hydrogen) atoms. The fraction of sp³-hybridized carbons (Fsp3) is 0.923. The van der Waals surface area contributed by atoms with E-state index < -0.39 is 6.10 Å². The predicted molar refractivity (Wildman–Crippen MR) is 65.1 cm³/mol. The van der Waals surface area contributed by atoms with Crippen LogP contribution in [-0.2, 0) is 9.53 Å². The second-order valence-electron chi connectivity index (χ2n) is 6.58. The lowest BCUT2D eigenvalue weighted by molar-refractivity contribution is -0.155. The van der Waals surface area contributed by atoms with E-state index in [1.807, 2.05) is 41.5 Å². The van der Waals surface area contributed by atoms with Crippen LogP contribution >= 0.6 is 0 Å². The second kappa shape index (κ2) is 5.17. The summed E-state index contributed by atoms with van der Waals surface area (Å²) in [6.07, 6.45) is -0.248. The van der Waals surface area contributed by atoms with Crippen LogP contribution in [0.4, 0.5) is 0 Å². The van der Waals surface area contributed by atoms with Crippen LogP contribution in [0.25, 0.3) is 0 Å². The lowest BCUT2D eigenvalue weighted by atomic mass is 9.79. The Morgan fingerprint density at radius 2 is 1.56 bits per heavy atom. The van der Waals surface area contributed by atoms with Crippen molar-refractivity contribution in [2.75, 3.05) is 0 Å². The Kier molecular flexibility index (Phi) is 4.99. The summed E-state index contributed by atoms with van der Waals surface area (Å²) in [4.78, 5) is 11.0. The number of rotatable bonds is 3. The summed E-state index contributed by atoms with van der Waals surface area (Å²) in [7, 11) is 0. The van der Waals surface area contributed by atoms with E-state index in [-0.39, 0.29) is 22.9 Å². The second-order valence-corrected chi connectivity index (χ2v) is 6.58. The summed E-state index contributed by atoms with van der Waals surface area (Å²) in [6.45, 7) is 13.4. The van der Waals surface area contributed by atoms with Gasteiger partial charge < -0.3 is 9.84 Å². The molecule has 0 amide bonds. The summed E-state index contributed by atoms with van der Waals surface area (Å²) in [5.74, 6) is -0.291. The molecule has 3 heteroatoms. The average molecular weight is 230 g/mol. The van der Waals surface area contributed by atoms with Crippen molar-refractivity contribution in [3.63, 3.8) is 0 Å². The summed E-state index contributed by atoms with van der Waals surface area (Å²) in [5.41, 5.74) is -0.346. The van der Waals surface area contributed by atoms with Crippen molar-refractivity contribution >= 4 is 5.97 Å². The van der Waals surface area contributed by atoms with Crippen molar-refractivity contribution in [3.8, 4) is 0 Å². The highest BCUT2D eigenvalue weighted by atomic mass is 16.5. The Labute approximate surface area is 99.2 Å². The van der Waals surface area contributed by atoms with Gasteiger partial charge in [0.25, 0.3) is 0 Å². The van der Waals surface area contributed by atoms with Gasteiger partial charge in [0.15, 0.2) is 0 Å². The van der Waals surface area contributed by atoms with E-state index in [2.05, 4.69) is 0 Å². The largest absolute Gasteiger partial charge is 0.462 e. The SMILES string of the molecule is CC(=O)OC(CC(O)C(C)(C)C)C(C)(C)C. The van der Waals surface area contributed by atoms with Gasteiger partial charge in [-0.1, -0.05) is 41.5 Å². The van der Waals surface area contributed by atoms with Gasteiger partial charge in [-0.05, 0) is 10.8 Å². The maximum absolute atomic E-state index is 11.0. The Bertz CT molecular complexity index is 233. The number of carbonyl (C=O) groups excluding carboxylic acids is 1. The molecule has 3 nitrogen and oxygen atoms in total. The monoisotopic (exact) mass is 230 g/mol. The smallest absolute Gasteiger partial charge is 0.302 e. The minimum atomic E-state index is -0.476. The first-order chi connectivity index (χ1) is 6.94. The van der Waals surface area contributed by atoms with E-state index in [4.69, 9.17) is 4.74 Å². The van der Waals surface area contributed by atoms with Crippen LogP contribution in [0.15, 0.2) is 0 Å². The van der Waals surface area contributed by atoms with E-state index in [1.54, 1.807) is 0 Å². The number of aliphatic hydroxyl groups is 1. The minimum Gasteiger partial charge on any atom is -0.462 e. The van der Waals surface area contributed by atoms with Crippen LogP contribution in [0.2, 0.25) is 0 Å². The number of hydrogen-bond donors (Lipinski definition) is 1. The van der Waals surface area contributed by atoms with Crippen molar-refractivity contribution in [2.45, 2.75) is 67.1 Å². The average Bonchev–Trinajstić information content (AvgIpc) is 1.98. The molecule has 96 valence electrons. The minimum absolute atomic E-state index is 0.155. The van der Waals surface area contributed by atoms with Gasteiger partial charge in [0.05, 0.1) is 6.10 Å². The van der Waals surface area contributed by atoms with Crippen molar-refractivity contribution < 1.29 is 14.6 Å². The molecule has 0 heterocycles. The molecule has 0 saturated carbocycles. The number of ether oxygens (including phenoxy) is 1. The van der Waals surface area contributed by atoms with E-state index in [1.165, 1.54) is 6.92 Å². The molecular formula is C13H26O3. The van der Waals surface area contributed by atoms with Gasteiger partial charge in [0.2, 0.25) is 0 Å². The molecule has 0 bridgehead atoms. The molecule has 0 radical (unpaired) electrons.